The van der Waals surface area contributed by atoms with E-state index in [0.29, 0.717) is 26.2 Å². The first-order valence-electron chi connectivity index (χ1n) is 9.55. The number of carbonyl (C=O) groups is 2. The van der Waals surface area contributed by atoms with Crippen molar-refractivity contribution in [3.8, 4) is 0 Å². The molecule has 2 atom stereocenters. The van der Waals surface area contributed by atoms with Gasteiger partial charge in [0, 0.05) is 49.7 Å². The minimum atomic E-state index is -1.05. The number of carboxylic acids is 1. The molecule has 140 valence electrons. The van der Waals surface area contributed by atoms with Gasteiger partial charge in [-0.2, -0.15) is 0 Å². The van der Waals surface area contributed by atoms with Crippen LogP contribution in [0.5, 0.6) is 0 Å². The standard InChI is InChI=1S/C20H25FN2O3/c21-15-5-7-16(8-6-15)22-9-11-23(12-10-22)19(24)17-13-1-3-14(4-2-13)18(17)20(25)26/h5-8,13-14,17-18H,1-4,9-12H2,(H,25,26)/p-1/t13?,14?,17-,18+/m0/s1. The SMILES string of the molecule is O=C([O-])[C@@H]1C2CCC(CC2)[C@@H]1C(=O)N1CCN(c2ccc(F)cc2)CC1. The number of aliphatic carboxylic acids is 1. The zero-order chi connectivity index (χ0) is 18.3. The third kappa shape index (κ3) is 3.06. The molecule has 1 aromatic carbocycles. The molecule has 26 heavy (non-hydrogen) atoms. The second kappa shape index (κ2) is 6.89. The summed E-state index contributed by atoms with van der Waals surface area (Å²) in [4.78, 5) is 28.8. The first kappa shape index (κ1) is 17.3. The maximum Gasteiger partial charge on any atom is 0.226 e. The average Bonchev–Trinajstić information content (AvgIpc) is 2.68. The van der Waals surface area contributed by atoms with Crippen molar-refractivity contribution in [2.75, 3.05) is 31.1 Å². The van der Waals surface area contributed by atoms with Crippen LogP contribution in [-0.4, -0.2) is 43.0 Å². The van der Waals surface area contributed by atoms with Gasteiger partial charge in [-0.15, -0.1) is 0 Å². The number of rotatable bonds is 3. The molecule has 1 aliphatic heterocycles. The molecule has 1 amide bonds. The van der Waals surface area contributed by atoms with Crippen LogP contribution in [0.15, 0.2) is 24.3 Å². The fourth-order valence-electron chi connectivity index (χ4n) is 5.19. The van der Waals surface area contributed by atoms with Gasteiger partial charge in [0.2, 0.25) is 5.91 Å². The number of benzene rings is 1. The van der Waals surface area contributed by atoms with E-state index in [9.17, 15) is 19.1 Å². The van der Waals surface area contributed by atoms with Crippen molar-refractivity contribution < 1.29 is 19.1 Å². The Balaban J connectivity index is 1.43. The first-order chi connectivity index (χ1) is 12.5. The molecule has 4 aliphatic rings. The lowest BCUT2D eigenvalue weighted by Gasteiger charge is -2.50. The molecule has 0 unspecified atom stereocenters. The minimum Gasteiger partial charge on any atom is -0.550 e. The molecular formula is C20H24FN2O3-. The number of fused-ring (bicyclic) bond motifs is 3. The Morgan fingerprint density at radius 1 is 0.885 bits per heavy atom. The lowest BCUT2D eigenvalue weighted by Crippen LogP contribution is -2.57. The second-order valence-corrected chi connectivity index (χ2v) is 7.83. The normalized spacial score (nSPS) is 31.1. The van der Waals surface area contributed by atoms with E-state index in [1.54, 1.807) is 12.1 Å². The van der Waals surface area contributed by atoms with Crippen LogP contribution < -0.4 is 10.0 Å². The van der Waals surface area contributed by atoms with Crippen molar-refractivity contribution in [1.82, 2.24) is 4.90 Å². The predicted octanol–water partition coefficient (Wildman–Crippen LogP) is 1.28. The number of halogens is 1. The van der Waals surface area contributed by atoms with Gasteiger partial charge in [-0.1, -0.05) is 0 Å². The third-order valence-electron chi connectivity index (χ3n) is 6.56. The molecule has 0 N–H and O–H groups in total. The summed E-state index contributed by atoms with van der Waals surface area (Å²) >= 11 is 0. The fraction of sp³-hybridized carbons (Fsp3) is 0.600. The Labute approximate surface area is 152 Å². The van der Waals surface area contributed by atoms with Crippen LogP contribution in [0.4, 0.5) is 10.1 Å². The number of hydrogen-bond acceptors (Lipinski definition) is 4. The Bertz CT molecular complexity index is 677. The molecule has 1 aromatic rings. The van der Waals surface area contributed by atoms with E-state index in [4.69, 9.17) is 0 Å². The quantitative estimate of drug-likeness (QED) is 0.816. The molecule has 1 saturated heterocycles. The molecule has 0 radical (unpaired) electrons. The summed E-state index contributed by atoms with van der Waals surface area (Å²) in [5.41, 5.74) is 0.947. The number of nitrogens with zero attached hydrogens (tertiary/aromatic N) is 2. The molecule has 5 nitrogen and oxygen atoms in total. The van der Waals surface area contributed by atoms with Crippen LogP contribution in [0, 0.1) is 29.5 Å². The lowest BCUT2D eigenvalue weighted by atomic mass is 9.58. The Morgan fingerprint density at radius 3 is 1.96 bits per heavy atom. The van der Waals surface area contributed by atoms with Gasteiger partial charge in [0.05, 0.1) is 0 Å². The van der Waals surface area contributed by atoms with E-state index in [1.165, 1.54) is 12.1 Å². The van der Waals surface area contributed by atoms with Gasteiger partial charge < -0.3 is 19.7 Å². The molecule has 3 aliphatic carbocycles. The molecule has 6 heteroatoms. The number of anilines is 1. The van der Waals surface area contributed by atoms with Crippen LogP contribution in [0.1, 0.15) is 25.7 Å². The van der Waals surface area contributed by atoms with Gasteiger partial charge in [-0.25, -0.2) is 4.39 Å². The topological polar surface area (TPSA) is 63.7 Å². The Hall–Kier alpha value is -2.11. The number of carbonyl (C=O) groups excluding carboxylic acids is 2. The van der Waals surface area contributed by atoms with Crippen LogP contribution in [0.25, 0.3) is 0 Å². The van der Waals surface area contributed by atoms with Crippen LogP contribution >= 0.6 is 0 Å². The number of amides is 1. The molecule has 2 bridgehead atoms. The van der Waals surface area contributed by atoms with Crippen molar-refractivity contribution in [1.29, 1.82) is 0 Å². The summed E-state index contributed by atoms with van der Waals surface area (Å²) < 4.78 is 13.1. The zero-order valence-corrected chi connectivity index (χ0v) is 14.8. The summed E-state index contributed by atoms with van der Waals surface area (Å²) in [6.07, 6.45) is 3.73. The van der Waals surface area contributed by atoms with Gasteiger partial charge >= 0.3 is 0 Å². The maximum atomic E-state index is 13.1. The van der Waals surface area contributed by atoms with Gasteiger partial charge in [-0.05, 0) is 61.8 Å². The lowest BCUT2D eigenvalue weighted by molar-refractivity contribution is -0.318. The predicted molar refractivity (Wildman–Crippen MR) is 92.6 cm³/mol. The minimum absolute atomic E-state index is 0.00708. The second-order valence-electron chi connectivity index (χ2n) is 7.83. The van der Waals surface area contributed by atoms with Gasteiger partial charge in [0.1, 0.15) is 5.82 Å². The smallest absolute Gasteiger partial charge is 0.226 e. The van der Waals surface area contributed by atoms with Crippen molar-refractivity contribution in [2.45, 2.75) is 25.7 Å². The summed E-state index contributed by atoms with van der Waals surface area (Å²) in [5, 5.41) is 11.7. The molecule has 0 spiro atoms. The zero-order valence-electron chi connectivity index (χ0n) is 14.8. The van der Waals surface area contributed by atoms with E-state index in [-0.39, 0.29) is 23.6 Å². The van der Waals surface area contributed by atoms with E-state index in [1.807, 2.05) is 4.90 Å². The van der Waals surface area contributed by atoms with E-state index in [0.717, 1.165) is 31.4 Å². The van der Waals surface area contributed by atoms with Crippen molar-refractivity contribution in [3.63, 3.8) is 0 Å². The number of hydrogen-bond donors (Lipinski definition) is 0. The maximum absolute atomic E-state index is 13.1. The third-order valence-corrected chi connectivity index (χ3v) is 6.56. The van der Waals surface area contributed by atoms with Crippen LogP contribution in [0.3, 0.4) is 0 Å². The van der Waals surface area contributed by atoms with Crippen molar-refractivity contribution in [2.24, 2.45) is 23.7 Å². The van der Waals surface area contributed by atoms with E-state index < -0.39 is 17.8 Å². The highest BCUT2D eigenvalue weighted by atomic mass is 19.1. The van der Waals surface area contributed by atoms with Crippen LogP contribution in [0.2, 0.25) is 0 Å². The summed E-state index contributed by atoms with van der Waals surface area (Å²) in [5.74, 6) is -2.07. The van der Waals surface area contributed by atoms with E-state index >= 15 is 0 Å². The number of piperazine rings is 1. The molecule has 0 aromatic heterocycles. The van der Waals surface area contributed by atoms with E-state index in [2.05, 4.69) is 4.90 Å². The molecule has 1 heterocycles. The first-order valence-corrected chi connectivity index (χ1v) is 9.55. The largest absolute Gasteiger partial charge is 0.550 e. The average molecular weight is 359 g/mol. The Morgan fingerprint density at radius 2 is 1.42 bits per heavy atom. The molecule has 3 saturated carbocycles. The number of carboxylic acid groups (broad SMARTS) is 1. The van der Waals surface area contributed by atoms with Crippen molar-refractivity contribution >= 4 is 17.6 Å². The highest BCUT2D eigenvalue weighted by Crippen LogP contribution is 2.49. The highest BCUT2D eigenvalue weighted by molar-refractivity contribution is 5.85. The summed E-state index contributed by atoms with van der Waals surface area (Å²) in [6, 6.07) is 6.38. The molecule has 5 rings (SSSR count). The van der Waals surface area contributed by atoms with Crippen molar-refractivity contribution in [3.05, 3.63) is 30.1 Å². The van der Waals surface area contributed by atoms with Crippen LogP contribution in [-0.2, 0) is 9.59 Å². The fourth-order valence-corrected chi connectivity index (χ4v) is 5.19. The van der Waals surface area contributed by atoms with Gasteiger partial charge in [-0.3, -0.25) is 4.79 Å². The molecular weight excluding hydrogens is 335 g/mol. The Kier molecular flexibility index (Phi) is 4.59. The molecule has 4 fully saturated rings. The summed E-state index contributed by atoms with van der Waals surface area (Å²) in [7, 11) is 0. The highest BCUT2D eigenvalue weighted by Gasteiger charge is 2.48. The van der Waals surface area contributed by atoms with Gasteiger partial charge in [0.15, 0.2) is 0 Å². The summed E-state index contributed by atoms with van der Waals surface area (Å²) in [6.45, 7) is 2.50. The monoisotopic (exact) mass is 359 g/mol. The van der Waals surface area contributed by atoms with Gasteiger partial charge in [0.25, 0.3) is 0 Å².